The lowest BCUT2D eigenvalue weighted by Crippen LogP contribution is -1.98. The molecule has 0 aromatic heterocycles. The van der Waals surface area contributed by atoms with Crippen molar-refractivity contribution in [1.29, 1.82) is 0 Å². The van der Waals surface area contributed by atoms with E-state index in [-0.39, 0.29) is 0 Å². The van der Waals surface area contributed by atoms with Gasteiger partial charge in [0.2, 0.25) is 0 Å². The molecule has 0 amide bonds. The van der Waals surface area contributed by atoms with Crippen LogP contribution in [0.1, 0.15) is 0 Å². The smallest absolute Gasteiger partial charge is 0.0710 e. The van der Waals surface area contributed by atoms with Gasteiger partial charge < -0.3 is 11.5 Å². The molecule has 0 heterocycles. The summed E-state index contributed by atoms with van der Waals surface area (Å²) in [5, 5.41) is 5.33. The number of nitrogen functional groups attached to an aromatic ring is 2. The fraction of sp³-hybridized carbons (Fsp3) is 0. The Kier molecular flexibility index (Phi) is 2.53. The monoisotopic (exact) mass is 187 g/mol. The molecule has 0 fully saturated rings. The topological polar surface area (TPSA) is 78.1 Å². The highest BCUT2D eigenvalue weighted by Gasteiger charge is 2.03. The molecule has 1 aromatic carbocycles. The first kappa shape index (κ1) is 8.58. The third kappa shape index (κ3) is 1.55. The van der Waals surface area contributed by atoms with E-state index in [4.69, 9.17) is 16.6 Å². The summed E-state index contributed by atoms with van der Waals surface area (Å²) in [4.78, 5) is 1.46. The van der Waals surface area contributed by atoms with Gasteiger partial charge in [-0.2, -0.15) is 0 Å². The minimum absolute atomic E-state index is 0.490. The van der Waals surface area contributed by atoms with Crippen LogP contribution >= 0.6 is 24.6 Å². The highest BCUT2D eigenvalue weighted by molar-refractivity contribution is 7.97. The van der Waals surface area contributed by atoms with Gasteiger partial charge in [0, 0.05) is 9.79 Å². The molecule has 0 radical (unpaired) electrons. The summed E-state index contributed by atoms with van der Waals surface area (Å²) in [5.41, 5.74) is 12.2. The second-order valence-electron chi connectivity index (χ2n) is 2.03. The van der Waals surface area contributed by atoms with Crippen LogP contribution in [0.4, 0.5) is 11.4 Å². The van der Waals surface area contributed by atoms with E-state index in [1.807, 2.05) is 0 Å². The Bertz CT molecular complexity index is 275. The number of anilines is 2. The molecule has 1 rings (SSSR count). The summed E-state index contributed by atoms with van der Waals surface area (Å²) >= 11 is 5.18. The average molecular weight is 187 g/mol. The summed E-state index contributed by atoms with van der Waals surface area (Å²) < 4.78 is 0. The second-order valence-corrected chi connectivity index (χ2v) is 3.19. The Morgan fingerprint density at radius 3 is 2.36 bits per heavy atom. The van der Waals surface area contributed by atoms with Crippen molar-refractivity contribution in [3.63, 3.8) is 0 Å². The van der Waals surface area contributed by atoms with Gasteiger partial charge in [-0.25, -0.2) is 0 Å². The zero-order chi connectivity index (χ0) is 8.43. The fourth-order valence-corrected chi connectivity index (χ4v) is 1.29. The van der Waals surface area contributed by atoms with Crippen LogP contribution in [0.25, 0.3) is 0 Å². The summed E-state index contributed by atoms with van der Waals surface area (Å²) in [6.45, 7) is 0. The molecule has 0 aliphatic rings. The van der Waals surface area contributed by atoms with Crippen molar-refractivity contribution in [1.82, 2.24) is 0 Å². The number of nitrogens with two attached hydrogens (primary N) is 3. The van der Waals surface area contributed by atoms with Gasteiger partial charge in [-0.15, -0.1) is 12.6 Å². The van der Waals surface area contributed by atoms with E-state index in [0.29, 0.717) is 16.3 Å². The van der Waals surface area contributed by atoms with Crippen molar-refractivity contribution < 1.29 is 0 Å². The number of benzene rings is 1. The van der Waals surface area contributed by atoms with Crippen molar-refractivity contribution in [2.75, 3.05) is 11.5 Å². The Morgan fingerprint density at radius 2 is 1.82 bits per heavy atom. The minimum atomic E-state index is 0.490. The molecule has 11 heavy (non-hydrogen) atoms. The summed E-state index contributed by atoms with van der Waals surface area (Å²) in [7, 11) is 0. The molecular formula is C6H9N3S2. The molecular weight excluding hydrogens is 178 g/mol. The summed E-state index contributed by atoms with van der Waals surface area (Å²) in [6.07, 6.45) is 0. The largest absolute Gasteiger partial charge is 0.396 e. The van der Waals surface area contributed by atoms with Crippen LogP contribution in [0.3, 0.4) is 0 Å². The van der Waals surface area contributed by atoms with Crippen LogP contribution in [-0.2, 0) is 0 Å². The van der Waals surface area contributed by atoms with E-state index in [9.17, 15) is 0 Å². The first-order valence-corrected chi connectivity index (χ1v) is 4.23. The van der Waals surface area contributed by atoms with Crippen LogP contribution in [0.2, 0.25) is 0 Å². The maximum atomic E-state index is 5.62. The van der Waals surface area contributed by atoms with Crippen molar-refractivity contribution in [2.24, 2.45) is 5.14 Å². The van der Waals surface area contributed by atoms with Crippen LogP contribution in [0.5, 0.6) is 0 Å². The molecule has 0 aliphatic heterocycles. The average Bonchev–Trinajstić information content (AvgIpc) is 2.01. The van der Waals surface area contributed by atoms with Gasteiger partial charge in [-0.1, -0.05) is 0 Å². The van der Waals surface area contributed by atoms with E-state index in [2.05, 4.69) is 12.6 Å². The van der Waals surface area contributed by atoms with E-state index >= 15 is 0 Å². The second kappa shape index (κ2) is 3.25. The molecule has 0 atom stereocenters. The van der Waals surface area contributed by atoms with Crippen LogP contribution in [0.15, 0.2) is 21.9 Å². The van der Waals surface area contributed by atoms with Gasteiger partial charge in [0.15, 0.2) is 0 Å². The Balaban J connectivity index is 3.25. The van der Waals surface area contributed by atoms with E-state index in [1.54, 1.807) is 12.1 Å². The zero-order valence-corrected chi connectivity index (χ0v) is 7.45. The molecule has 1 aromatic rings. The molecule has 0 aliphatic carbocycles. The maximum absolute atomic E-state index is 5.62. The molecule has 6 N–H and O–H groups in total. The van der Waals surface area contributed by atoms with Crippen molar-refractivity contribution in [3.8, 4) is 0 Å². The van der Waals surface area contributed by atoms with Gasteiger partial charge in [-0.05, 0) is 24.1 Å². The molecule has 5 heteroatoms. The van der Waals surface area contributed by atoms with Crippen molar-refractivity contribution in [3.05, 3.63) is 12.1 Å². The fourth-order valence-electron chi connectivity index (χ4n) is 0.708. The SMILES string of the molecule is NSc1ccc(S)c(N)c1N. The standard InChI is InChI=1S/C6H9N3S2/c7-5-3(10)1-2-4(11-9)6(5)8/h1-2,10H,7-9H2. The number of thiol groups is 1. The molecule has 0 saturated heterocycles. The third-order valence-electron chi connectivity index (χ3n) is 1.35. The Labute approximate surface area is 74.9 Å². The quantitative estimate of drug-likeness (QED) is 0.302. The van der Waals surface area contributed by atoms with Gasteiger partial charge >= 0.3 is 0 Å². The lowest BCUT2D eigenvalue weighted by Gasteiger charge is -2.06. The van der Waals surface area contributed by atoms with Gasteiger partial charge in [0.1, 0.15) is 0 Å². The van der Waals surface area contributed by atoms with E-state index in [1.165, 1.54) is 0 Å². The zero-order valence-electron chi connectivity index (χ0n) is 5.74. The van der Waals surface area contributed by atoms with Crippen molar-refractivity contribution in [2.45, 2.75) is 9.79 Å². The number of rotatable bonds is 1. The lowest BCUT2D eigenvalue weighted by atomic mass is 10.3. The minimum Gasteiger partial charge on any atom is -0.396 e. The molecule has 3 nitrogen and oxygen atoms in total. The first-order chi connectivity index (χ1) is 5.16. The maximum Gasteiger partial charge on any atom is 0.0710 e. The van der Waals surface area contributed by atoms with Crippen LogP contribution in [0, 0.1) is 0 Å². The molecule has 0 unspecified atom stereocenters. The van der Waals surface area contributed by atoms with Gasteiger partial charge in [0.25, 0.3) is 0 Å². The molecule has 0 spiro atoms. The highest BCUT2D eigenvalue weighted by atomic mass is 32.2. The number of hydrogen-bond acceptors (Lipinski definition) is 5. The molecule has 0 saturated carbocycles. The summed E-state index contributed by atoms with van der Waals surface area (Å²) in [6, 6.07) is 3.56. The van der Waals surface area contributed by atoms with Crippen molar-refractivity contribution >= 4 is 36.0 Å². The lowest BCUT2D eigenvalue weighted by molar-refractivity contribution is 1.37. The third-order valence-corrected chi connectivity index (χ3v) is 2.35. The van der Waals surface area contributed by atoms with Crippen LogP contribution < -0.4 is 16.6 Å². The van der Waals surface area contributed by atoms with Gasteiger partial charge in [0.05, 0.1) is 11.4 Å². The summed E-state index contributed by atoms with van der Waals surface area (Å²) in [5.74, 6) is 0. The van der Waals surface area contributed by atoms with Crippen LogP contribution in [-0.4, -0.2) is 0 Å². The normalized spacial score (nSPS) is 10.0. The molecule has 60 valence electrons. The van der Waals surface area contributed by atoms with Gasteiger partial charge in [-0.3, -0.25) is 5.14 Å². The molecule has 0 bridgehead atoms. The Morgan fingerprint density at radius 1 is 1.18 bits per heavy atom. The number of hydrogen-bond donors (Lipinski definition) is 4. The van der Waals surface area contributed by atoms with E-state index < -0.39 is 0 Å². The van der Waals surface area contributed by atoms with E-state index in [0.717, 1.165) is 16.8 Å². The Hall–Kier alpha value is -0.520. The first-order valence-electron chi connectivity index (χ1n) is 2.90. The predicted octanol–water partition coefficient (Wildman–Crippen LogP) is 1.11. The highest BCUT2D eigenvalue weighted by Crippen LogP contribution is 2.30. The predicted molar refractivity (Wildman–Crippen MR) is 52.6 cm³/mol.